The van der Waals surface area contributed by atoms with E-state index in [1.54, 1.807) is 0 Å². The third-order valence-corrected chi connectivity index (χ3v) is 19.4. The van der Waals surface area contributed by atoms with Gasteiger partial charge in [0.1, 0.15) is 5.78 Å². The lowest BCUT2D eigenvalue weighted by atomic mass is 9.65. The average Bonchev–Trinajstić information content (AvgIpc) is 3.83. The largest absolute Gasteiger partial charge is 0.372 e. The van der Waals surface area contributed by atoms with Crippen LogP contribution in [-0.2, 0) is 9.53 Å². The van der Waals surface area contributed by atoms with E-state index in [4.69, 9.17) is 4.74 Å². The molecule has 0 aromatic heterocycles. The maximum atomic E-state index is 13.9. The van der Waals surface area contributed by atoms with Crippen molar-refractivity contribution in [3.05, 3.63) is 0 Å². The smallest absolute Gasteiger partial charge is 0.142 e. The zero-order chi connectivity index (χ0) is 35.0. The van der Waals surface area contributed by atoms with Gasteiger partial charge in [-0.1, -0.05) is 83.5 Å². The van der Waals surface area contributed by atoms with Crippen molar-refractivity contribution in [3.63, 3.8) is 0 Å². The fourth-order valence-corrected chi connectivity index (χ4v) is 17.6. The number of nitrogens with zero attached hydrogens (tertiary/aromatic N) is 3. The fraction of sp³-hybridized carbons (Fsp3) is 0.979. The third-order valence-electron chi connectivity index (χ3n) is 19.4. The minimum atomic E-state index is 0.369. The Bertz CT molecular complexity index is 1260. The number of likely N-dealkylation sites (tertiary alicyclic amines) is 2. The first-order valence-electron chi connectivity index (χ1n) is 24.7. The van der Waals surface area contributed by atoms with Crippen molar-refractivity contribution in [1.29, 1.82) is 0 Å². The van der Waals surface area contributed by atoms with Gasteiger partial charge in [-0.3, -0.25) is 19.5 Å². The van der Waals surface area contributed by atoms with Gasteiger partial charge in [-0.25, -0.2) is 0 Å². The summed E-state index contributed by atoms with van der Waals surface area (Å²) in [5.41, 5.74) is 0. The Hall–Kier alpha value is -0.490. The van der Waals surface area contributed by atoms with Crippen molar-refractivity contribution < 1.29 is 9.53 Å². The molecule has 0 bridgehead atoms. The Morgan fingerprint density at radius 2 is 0.849 bits per heavy atom. The molecule has 11 rings (SSSR count). The molecule has 5 nitrogen and oxygen atoms in total. The van der Waals surface area contributed by atoms with E-state index in [-0.39, 0.29) is 0 Å². The molecular formula is C48H77N3O2. The minimum Gasteiger partial charge on any atom is -0.372 e. The van der Waals surface area contributed by atoms with Crippen LogP contribution in [0.25, 0.3) is 0 Å². The monoisotopic (exact) mass is 728 g/mol. The van der Waals surface area contributed by atoms with E-state index >= 15 is 0 Å². The molecule has 0 spiro atoms. The Morgan fingerprint density at radius 3 is 1.57 bits per heavy atom. The summed E-state index contributed by atoms with van der Waals surface area (Å²) < 4.78 is 6.98. The maximum absolute atomic E-state index is 13.9. The summed E-state index contributed by atoms with van der Waals surface area (Å²) in [5.74, 6) is 5.22. The molecule has 3 saturated heterocycles. The van der Waals surface area contributed by atoms with E-state index in [1.807, 2.05) is 0 Å². The topological polar surface area (TPSA) is 36.0 Å². The summed E-state index contributed by atoms with van der Waals surface area (Å²) >= 11 is 0. The number of rotatable bonds is 4. The van der Waals surface area contributed by atoms with Crippen LogP contribution in [0.5, 0.6) is 0 Å². The second-order valence-electron chi connectivity index (χ2n) is 21.5. The zero-order valence-corrected chi connectivity index (χ0v) is 33.7. The molecule has 0 amide bonds. The van der Waals surface area contributed by atoms with Gasteiger partial charge in [0.25, 0.3) is 0 Å². The van der Waals surface area contributed by atoms with Crippen LogP contribution in [0.1, 0.15) is 193 Å². The molecule has 296 valence electrons. The molecule has 17 unspecified atom stereocenters. The summed E-state index contributed by atoms with van der Waals surface area (Å²) in [6.07, 6.45) is 43.2. The van der Waals surface area contributed by atoms with Gasteiger partial charge in [0.05, 0.1) is 12.2 Å². The van der Waals surface area contributed by atoms with Crippen molar-refractivity contribution in [1.82, 2.24) is 14.7 Å². The van der Waals surface area contributed by atoms with Gasteiger partial charge in [-0.2, -0.15) is 0 Å². The van der Waals surface area contributed by atoms with Gasteiger partial charge >= 0.3 is 0 Å². The number of Topliss-reactive ketones (excluding diaryl/α,β-unsaturated/α-hetero) is 1. The molecule has 17 atom stereocenters. The van der Waals surface area contributed by atoms with E-state index in [2.05, 4.69) is 14.7 Å². The van der Waals surface area contributed by atoms with Gasteiger partial charge in [-0.15, -0.1) is 0 Å². The van der Waals surface area contributed by atoms with Gasteiger partial charge in [0.15, 0.2) is 0 Å². The molecule has 8 aliphatic carbocycles. The normalized spacial score (nSPS) is 52.5. The van der Waals surface area contributed by atoms with Crippen LogP contribution in [0.3, 0.4) is 0 Å². The minimum absolute atomic E-state index is 0.369. The van der Waals surface area contributed by atoms with Crippen LogP contribution in [0.4, 0.5) is 0 Å². The lowest BCUT2D eigenvalue weighted by Gasteiger charge is -2.57. The highest BCUT2D eigenvalue weighted by atomic mass is 16.5. The van der Waals surface area contributed by atoms with E-state index in [0.717, 1.165) is 53.9 Å². The van der Waals surface area contributed by atoms with Crippen molar-refractivity contribution in [3.8, 4) is 0 Å². The molecule has 53 heavy (non-hydrogen) atoms. The fourth-order valence-electron chi connectivity index (χ4n) is 17.6. The zero-order valence-electron chi connectivity index (χ0n) is 33.7. The van der Waals surface area contributed by atoms with E-state index in [9.17, 15) is 4.79 Å². The molecule has 0 radical (unpaired) electrons. The number of ether oxygens (including phenoxy) is 1. The standard InChI is InChI=1S/C48H77N3O2/c52-48-36-16-2-5-20-41(36)49(42-21-6-3-17-37(42)48)32-14-11-13-31(29-32)34-18-12-24-39(34)51-40-19-4-1-15-35(40)38-30-33(27-28-43(38)51)50-44-22-7-9-25-46(44)53-47-26-10-8-23-45(47)50/h31-47H,1-30H2. The van der Waals surface area contributed by atoms with Crippen LogP contribution in [0.15, 0.2) is 0 Å². The number of hydrogen-bond donors (Lipinski definition) is 0. The number of piperidine rings is 1. The first-order chi connectivity index (χ1) is 26.2. The van der Waals surface area contributed by atoms with Gasteiger partial charge in [-0.05, 0) is 133 Å². The Balaban J connectivity index is 0.834. The quantitative estimate of drug-likeness (QED) is 0.288. The number of carbonyl (C=O) groups excluding carboxylic acids is 1. The highest BCUT2D eigenvalue weighted by Crippen LogP contribution is 2.56. The van der Waals surface area contributed by atoms with Gasteiger partial charge < -0.3 is 4.74 Å². The molecule has 8 saturated carbocycles. The lowest BCUT2D eigenvalue weighted by Crippen LogP contribution is -2.66. The molecule has 5 heteroatoms. The molecule has 0 aromatic carbocycles. The summed E-state index contributed by atoms with van der Waals surface area (Å²) in [4.78, 5) is 23.6. The van der Waals surface area contributed by atoms with Crippen molar-refractivity contribution >= 4 is 5.78 Å². The molecular weight excluding hydrogens is 651 g/mol. The first kappa shape index (κ1) is 35.7. The predicted octanol–water partition coefficient (Wildman–Crippen LogP) is 10.1. The van der Waals surface area contributed by atoms with Crippen LogP contribution in [0.2, 0.25) is 0 Å². The molecule has 3 heterocycles. The number of ketones is 1. The molecule has 0 N–H and O–H groups in total. The summed E-state index contributed by atoms with van der Waals surface area (Å²) in [6, 6.07) is 6.78. The van der Waals surface area contributed by atoms with Crippen molar-refractivity contribution in [2.24, 2.45) is 35.5 Å². The Labute approximate surface area is 323 Å². The molecule has 3 aliphatic heterocycles. The Kier molecular flexibility index (Phi) is 10.1. The number of hydrogen-bond acceptors (Lipinski definition) is 5. The average molecular weight is 728 g/mol. The molecule has 11 aliphatic rings. The summed E-state index contributed by atoms with van der Waals surface area (Å²) in [7, 11) is 0. The number of fused-ring (bicyclic) bond motifs is 7. The highest BCUT2D eigenvalue weighted by Gasteiger charge is 2.58. The van der Waals surface area contributed by atoms with Crippen LogP contribution in [0, 0.1) is 35.5 Å². The second-order valence-corrected chi connectivity index (χ2v) is 21.5. The van der Waals surface area contributed by atoms with Crippen LogP contribution in [-0.4, -0.2) is 87.1 Å². The summed E-state index contributed by atoms with van der Waals surface area (Å²) in [5, 5.41) is 0. The Morgan fingerprint density at radius 1 is 0.358 bits per heavy atom. The third kappa shape index (κ3) is 6.13. The van der Waals surface area contributed by atoms with Crippen molar-refractivity contribution in [2.45, 2.75) is 259 Å². The summed E-state index contributed by atoms with van der Waals surface area (Å²) in [6.45, 7) is 0. The SMILES string of the molecule is O=C1C2CCCCC2N(C2CCCC(C3CCCC3N3C4CCCCC4C4CC(N5C6CCCCC6OC6CCCCC65)CCC43)C2)C2CCCCC12. The highest BCUT2D eigenvalue weighted by molar-refractivity contribution is 5.86. The van der Waals surface area contributed by atoms with Gasteiger partial charge in [0.2, 0.25) is 0 Å². The van der Waals surface area contributed by atoms with E-state index in [1.165, 1.54) is 193 Å². The molecule has 11 fully saturated rings. The number of carbonyl (C=O) groups is 1. The van der Waals surface area contributed by atoms with Crippen molar-refractivity contribution in [2.75, 3.05) is 0 Å². The lowest BCUT2D eigenvalue weighted by molar-refractivity contribution is -0.192. The van der Waals surface area contributed by atoms with Crippen LogP contribution < -0.4 is 0 Å². The van der Waals surface area contributed by atoms with Crippen LogP contribution >= 0.6 is 0 Å². The predicted molar refractivity (Wildman–Crippen MR) is 213 cm³/mol. The first-order valence-corrected chi connectivity index (χ1v) is 24.7. The van der Waals surface area contributed by atoms with E-state index in [0.29, 0.717) is 54.0 Å². The maximum Gasteiger partial charge on any atom is 0.142 e. The molecule has 0 aromatic rings. The van der Waals surface area contributed by atoms with E-state index < -0.39 is 0 Å². The second kappa shape index (κ2) is 15.0. The van der Waals surface area contributed by atoms with Gasteiger partial charge in [0, 0.05) is 66.2 Å². The number of morpholine rings is 1.